The number of hydrogen-bond donors (Lipinski definition) is 3. The average Bonchev–Trinajstić information content (AvgIpc) is 3.09. The second-order valence-electron chi connectivity index (χ2n) is 11.5. The smallest absolute Gasteiger partial charge is 0.338 e. The van der Waals surface area contributed by atoms with Crippen molar-refractivity contribution in [3.05, 3.63) is 131 Å². The summed E-state index contributed by atoms with van der Waals surface area (Å²) in [6, 6.07) is 30.3. The first-order valence-electron chi connectivity index (χ1n) is 16.0. The van der Waals surface area contributed by atoms with E-state index in [4.69, 9.17) is 4.74 Å². The third-order valence-corrected chi connectivity index (χ3v) is 8.43. The molecule has 0 bridgehead atoms. The van der Waals surface area contributed by atoms with Gasteiger partial charge >= 0.3 is 5.97 Å². The lowest BCUT2D eigenvalue weighted by molar-refractivity contribution is -0.115. The molecule has 0 saturated carbocycles. The van der Waals surface area contributed by atoms with Gasteiger partial charge in [-0.2, -0.15) is 0 Å². The number of esters is 1. The molecule has 4 aromatic rings. The maximum absolute atomic E-state index is 13.5. The molecule has 4 aromatic carbocycles. The number of thioether (sulfide) groups is 1. The summed E-state index contributed by atoms with van der Waals surface area (Å²) in [5.41, 5.74) is 3.95. The third kappa shape index (κ3) is 10.7. The van der Waals surface area contributed by atoms with Gasteiger partial charge in [0.05, 0.1) is 17.4 Å². The fourth-order valence-electron chi connectivity index (χ4n) is 4.52. The number of carbonyl (C=O) groups excluding carboxylic acids is 4. The van der Waals surface area contributed by atoms with Crippen LogP contribution in [0, 0.1) is 0 Å². The lowest BCUT2D eigenvalue weighted by Crippen LogP contribution is -2.30. The number of rotatable bonds is 14. The molecule has 3 amide bonds. The first kappa shape index (κ1) is 35.7. The third-order valence-electron chi connectivity index (χ3n) is 7.34. The highest BCUT2D eigenvalue weighted by Gasteiger charge is 2.18. The number of amides is 3. The molecule has 248 valence electrons. The zero-order valence-corrected chi connectivity index (χ0v) is 28.4. The maximum atomic E-state index is 13.5. The van der Waals surface area contributed by atoms with Crippen LogP contribution in [-0.2, 0) is 14.3 Å². The van der Waals surface area contributed by atoms with Gasteiger partial charge in [-0.25, -0.2) is 4.79 Å². The van der Waals surface area contributed by atoms with Gasteiger partial charge in [0, 0.05) is 21.8 Å². The number of carbonyl (C=O) groups is 4. The van der Waals surface area contributed by atoms with Gasteiger partial charge < -0.3 is 20.7 Å². The second kappa shape index (κ2) is 17.7. The average molecular weight is 664 g/mol. The number of benzene rings is 4. The SMILES string of the molecule is CCCCOC(=O)c1ccc(NC(=O)C(C)Sc2cccc(NC(=O)/C(=C\c3ccc(C(C)C)cc3)NC(=O)c3ccccc3)c2)cc1. The molecule has 0 spiro atoms. The molecule has 9 heteroatoms. The Hall–Kier alpha value is -5.15. The lowest BCUT2D eigenvalue weighted by Gasteiger charge is -2.14. The van der Waals surface area contributed by atoms with Gasteiger partial charge in [-0.1, -0.05) is 75.7 Å². The van der Waals surface area contributed by atoms with Gasteiger partial charge in [-0.15, -0.1) is 11.8 Å². The number of anilines is 2. The van der Waals surface area contributed by atoms with Crippen molar-refractivity contribution in [3.63, 3.8) is 0 Å². The molecule has 0 heterocycles. The van der Waals surface area contributed by atoms with E-state index in [1.165, 1.54) is 17.3 Å². The van der Waals surface area contributed by atoms with Crippen molar-refractivity contribution >= 4 is 52.9 Å². The predicted octanol–water partition coefficient (Wildman–Crippen LogP) is 8.30. The highest BCUT2D eigenvalue weighted by atomic mass is 32.2. The summed E-state index contributed by atoms with van der Waals surface area (Å²) in [7, 11) is 0. The van der Waals surface area contributed by atoms with Gasteiger partial charge in [0.15, 0.2) is 0 Å². The Morgan fingerprint density at radius 1 is 0.771 bits per heavy atom. The summed E-state index contributed by atoms with van der Waals surface area (Å²) in [6.07, 6.45) is 3.39. The number of ether oxygens (including phenoxy) is 1. The van der Waals surface area contributed by atoms with Gasteiger partial charge in [-0.05, 0) is 91.1 Å². The minimum absolute atomic E-state index is 0.0900. The molecular weight excluding hydrogens is 623 g/mol. The Bertz CT molecular complexity index is 1740. The van der Waals surface area contributed by atoms with E-state index in [1.807, 2.05) is 43.3 Å². The van der Waals surface area contributed by atoms with Crippen LogP contribution in [0.1, 0.15) is 78.3 Å². The van der Waals surface area contributed by atoms with Crippen molar-refractivity contribution in [1.29, 1.82) is 0 Å². The standard InChI is InChI=1S/C39H41N3O5S/c1-5-6-23-47-39(46)31-19-21-32(22-20-31)40-36(43)27(4)48-34-14-10-13-33(25-34)41-38(45)35(42-37(44)30-11-8-7-9-12-30)24-28-15-17-29(18-16-28)26(2)3/h7-22,24-27H,5-6,23H2,1-4H3,(H,40,43)(H,41,45)(H,42,44)/b35-24+. The Kier molecular flexibility index (Phi) is 13.1. The molecule has 48 heavy (non-hydrogen) atoms. The van der Waals surface area contributed by atoms with E-state index in [9.17, 15) is 19.2 Å². The van der Waals surface area contributed by atoms with Crippen LogP contribution in [-0.4, -0.2) is 35.5 Å². The van der Waals surface area contributed by atoms with E-state index in [2.05, 4.69) is 29.8 Å². The fraction of sp³-hybridized carbons (Fsp3) is 0.231. The van der Waals surface area contributed by atoms with Crippen LogP contribution in [0.15, 0.2) is 114 Å². The van der Waals surface area contributed by atoms with E-state index in [1.54, 1.807) is 79.7 Å². The van der Waals surface area contributed by atoms with Crippen LogP contribution in [0.2, 0.25) is 0 Å². The number of hydrogen-bond acceptors (Lipinski definition) is 6. The molecule has 0 aliphatic heterocycles. The molecule has 0 aliphatic rings. The molecule has 0 fully saturated rings. The highest BCUT2D eigenvalue weighted by Crippen LogP contribution is 2.27. The second-order valence-corrected chi connectivity index (χ2v) is 12.9. The zero-order valence-electron chi connectivity index (χ0n) is 27.6. The molecule has 0 saturated heterocycles. The predicted molar refractivity (Wildman–Crippen MR) is 193 cm³/mol. The minimum Gasteiger partial charge on any atom is -0.462 e. The van der Waals surface area contributed by atoms with Gasteiger partial charge in [-0.3, -0.25) is 14.4 Å². The van der Waals surface area contributed by atoms with Gasteiger partial charge in [0.1, 0.15) is 5.70 Å². The molecule has 0 aromatic heterocycles. The molecule has 0 aliphatic carbocycles. The van der Waals surface area contributed by atoms with Crippen LogP contribution in [0.5, 0.6) is 0 Å². The Labute approximate surface area is 286 Å². The molecular formula is C39H41N3O5S. The fourth-order valence-corrected chi connectivity index (χ4v) is 5.44. The maximum Gasteiger partial charge on any atom is 0.338 e. The Balaban J connectivity index is 1.42. The first-order valence-corrected chi connectivity index (χ1v) is 16.8. The molecule has 3 N–H and O–H groups in total. The minimum atomic E-state index is -0.488. The summed E-state index contributed by atoms with van der Waals surface area (Å²) in [5, 5.41) is 8.07. The number of nitrogens with one attached hydrogen (secondary N) is 3. The topological polar surface area (TPSA) is 114 Å². The largest absolute Gasteiger partial charge is 0.462 e. The zero-order chi connectivity index (χ0) is 34.5. The molecule has 4 rings (SSSR count). The molecule has 1 atom stereocenters. The van der Waals surface area contributed by atoms with Crippen molar-refractivity contribution in [2.45, 2.75) is 56.6 Å². The van der Waals surface area contributed by atoms with Crippen molar-refractivity contribution < 1.29 is 23.9 Å². The summed E-state index contributed by atoms with van der Waals surface area (Å²) in [6.45, 7) is 8.41. The number of unbranched alkanes of at least 4 members (excludes halogenated alkanes) is 1. The van der Waals surface area contributed by atoms with E-state index < -0.39 is 23.0 Å². The molecule has 0 radical (unpaired) electrons. The summed E-state index contributed by atoms with van der Waals surface area (Å²) in [5.74, 6) is -1.13. The van der Waals surface area contributed by atoms with Crippen LogP contribution >= 0.6 is 11.8 Å². The Morgan fingerprint density at radius 2 is 1.48 bits per heavy atom. The van der Waals surface area contributed by atoms with Crippen LogP contribution in [0.25, 0.3) is 6.08 Å². The monoisotopic (exact) mass is 663 g/mol. The van der Waals surface area contributed by atoms with Crippen molar-refractivity contribution in [2.24, 2.45) is 0 Å². The quantitative estimate of drug-likeness (QED) is 0.0542. The van der Waals surface area contributed by atoms with Crippen LogP contribution in [0.4, 0.5) is 11.4 Å². The van der Waals surface area contributed by atoms with Crippen LogP contribution in [0.3, 0.4) is 0 Å². The summed E-state index contributed by atoms with van der Waals surface area (Å²) >= 11 is 1.33. The molecule has 8 nitrogen and oxygen atoms in total. The van der Waals surface area contributed by atoms with Gasteiger partial charge in [0.25, 0.3) is 11.8 Å². The van der Waals surface area contributed by atoms with E-state index in [0.717, 1.165) is 23.3 Å². The summed E-state index contributed by atoms with van der Waals surface area (Å²) in [4.78, 5) is 52.5. The van der Waals surface area contributed by atoms with Crippen molar-refractivity contribution in [3.8, 4) is 0 Å². The van der Waals surface area contributed by atoms with E-state index >= 15 is 0 Å². The Morgan fingerprint density at radius 3 is 2.15 bits per heavy atom. The van der Waals surface area contributed by atoms with Gasteiger partial charge in [0.2, 0.25) is 5.91 Å². The van der Waals surface area contributed by atoms with Crippen molar-refractivity contribution in [1.82, 2.24) is 5.32 Å². The highest BCUT2D eigenvalue weighted by molar-refractivity contribution is 8.00. The van der Waals surface area contributed by atoms with E-state index in [0.29, 0.717) is 35.0 Å². The van der Waals surface area contributed by atoms with Crippen LogP contribution < -0.4 is 16.0 Å². The normalized spacial score (nSPS) is 11.8. The first-order chi connectivity index (χ1) is 23.1. The van der Waals surface area contributed by atoms with E-state index in [-0.39, 0.29) is 11.6 Å². The molecule has 1 unspecified atom stereocenters. The van der Waals surface area contributed by atoms with Crippen molar-refractivity contribution in [2.75, 3.05) is 17.2 Å². The lowest BCUT2D eigenvalue weighted by atomic mass is 10.0. The summed E-state index contributed by atoms with van der Waals surface area (Å²) < 4.78 is 5.24.